The van der Waals surface area contributed by atoms with Gasteiger partial charge in [0.2, 0.25) is 5.91 Å². The van der Waals surface area contributed by atoms with Crippen LogP contribution in [0.5, 0.6) is 0 Å². The van der Waals surface area contributed by atoms with Gasteiger partial charge in [-0.25, -0.2) is 0 Å². The second kappa shape index (κ2) is 8.64. The van der Waals surface area contributed by atoms with E-state index in [4.69, 9.17) is 0 Å². The lowest BCUT2D eigenvalue weighted by Gasteiger charge is -2.14. The molecule has 0 atom stereocenters. The molecule has 5 heteroatoms. The Hall–Kier alpha value is -2.14. The van der Waals surface area contributed by atoms with E-state index in [2.05, 4.69) is 40.4 Å². The molecule has 126 valence electrons. The van der Waals surface area contributed by atoms with Crippen molar-refractivity contribution in [3.05, 3.63) is 63.6 Å². The summed E-state index contributed by atoms with van der Waals surface area (Å²) in [5, 5.41) is 5.59. The van der Waals surface area contributed by atoms with Crippen LogP contribution in [0.25, 0.3) is 0 Å². The number of carbonyl (C=O) groups excluding carboxylic acids is 2. The van der Waals surface area contributed by atoms with Gasteiger partial charge in [-0.15, -0.1) is 0 Å². The molecule has 2 aromatic carbocycles. The summed E-state index contributed by atoms with van der Waals surface area (Å²) >= 11 is 3.33. The van der Waals surface area contributed by atoms with E-state index in [1.165, 1.54) is 0 Å². The van der Waals surface area contributed by atoms with E-state index in [-0.39, 0.29) is 18.4 Å². The van der Waals surface area contributed by atoms with E-state index in [0.29, 0.717) is 5.56 Å². The fraction of sp³-hybridized carbons (Fsp3) is 0.263. The van der Waals surface area contributed by atoms with E-state index >= 15 is 0 Å². The molecule has 0 bridgehead atoms. The van der Waals surface area contributed by atoms with E-state index in [9.17, 15) is 9.59 Å². The molecule has 0 aliphatic heterocycles. The Labute approximate surface area is 150 Å². The number of para-hydroxylation sites is 1. The summed E-state index contributed by atoms with van der Waals surface area (Å²) in [7, 11) is 0. The van der Waals surface area contributed by atoms with Gasteiger partial charge in [-0.2, -0.15) is 0 Å². The van der Waals surface area contributed by atoms with Crippen molar-refractivity contribution in [3.63, 3.8) is 0 Å². The third-order valence-corrected chi connectivity index (χ3v) is 4.25. The van der Waals surface area contributed by atoms with Crippen molar-refractivity contribution in [1.82, 2.24) is 5.32 Å². The van der Waals surface area contributed by atoms with Crippen LogP contribution in [0.4, 0.5) is 5.69 Å². The number of hydrogen-bond donors (Lipinski definition) is 2. The molecule has 0 saturated carbocycles. The fourth-order valence-corrected chi connectivity index (χ4v) is 2.88. The van der Waals surface area contributed by atoms with Gasteiger partial charge in [-0.3, -0.25) is 9.59 Å². The maximum absolute atomic E-state index is 12.2. The molecule has 4 nitrogen and oxygen atoms in total. The predicted octanol–water partition coefficient (Wildman–Crippen LogP) is 3.94. The summed E-state index contributed by atoms with van der Waals surface area (Å²) in [6, 6.07) is 13.1. The van der Waals surface area contributed by atoms with E-state index in [1.54, 1.807) is 18.2 Å². The van der Waals surface area contributed by atoms with Gasteiger partial charge in [0.25, 0.3) is 5.91 Å². The van der Waals surface area contributed by atoms with E-state index in [0.717, 1.165) is 34.1 Å². The van der Waals surface area contributed by atoms with Gasteiger partial charge in [0.15, 0.2) is 0 Å². The third kappa shape index (κ3) is 4.68. The number of carbonyl (C=O) groups is 2. The summed E-state index contributed by atoms with van der Waals surface area (Å²) in [5.74, 6) is -0.500. The Morgan fingerprint density at radius 2 is 1.62 bits per heavy atom. The summed E-state index contributed by atoms with van der Waals surface area (Å²) in [4.78, 5) is 24.3. The lowest BCUT2D eigenvalue weighted by Crippen LogP contribution is -2.33. The first-order valence-corrected chi connectivity index (χ1v) is 8.78. The molecule has 0 heterocycles. The Kier molecular flexibility index (Phi) is 6.55. The van der Waals surface area contributed by atoms with Gasteiger partial charge in [-0.1, -0.05) is 54.0 Å². The Bertz CT molecular complexity index is 722. The second-order valence-corrected chi connectivity index (χ2v) is 6.32. The lowest BCUT2D eigenvalue weighted by atomic mass is 10.0. The van der Waals surface area contributed by atoms with Crippen molar-refractivity contribution < 1.29 is 9.59 Å². The van der Waals surface area contributed by atoms with E-state index in [1.807, 2.05) is 24.3 Å². The molecule has 2 N–H and O–H groups in total. The molecular weight excluding hydrogens is 368 g/mol. The quantitative estimate of drug-likeness (QED) is 0.786. The number of hydrogen-bond acceptors (Lipinski definition) is 2. The fourth-order valence-electron chi connectivity index (χ4n) is 2.48. The van der Waals surface area contributed by atoms with Crippen LogP contribution in [-0.2, 0) is 17.6 Å². The van der Waals surface area contributed by atoms with Crippen molar-refractivity contribution in [3.8, 4) is 0 Å². The minimum Gasteiger partial charge on any atom is -0.343 e. The zero-order valence-corrected chi connectivity index (χ0v) is 15.4. The molecule has 0 saturated heterocycles. The number of halogens is 1. The Morgan fingerprint density at radius 1 is 1.00 bits per heavy atom. The molecule has 0 aliphatic rings. The van der Waals surface area contributed by atoms with Crippen LogP contribution in [0.3, 0.4) is 0 Å². The van der Waals surface area contributed by atoms with Crippen LogP contribution in [0, 0.1) is 0 Å². The number of nitrogens with one attached hydrogen (secondary N) is 2. The maximum atomic E-state index is 12.2. The topological polar surface area (TPSA) is 58.2 Å². The standard InChI is InChI=1S/C19H21BrN2O2/c1-3-13-7-5-8-14(4-2)18(13)22-17(23)12-21-19(24)15-9-6-10-16(20)11-15/h5-11H,3-4,12H2,1-2H3,(H,21,24)(H,22,23). The van der Waals surface area contributed by atoms with Crippen LogP contribution in [0.2, 0.25) is 0 Å². The molecule has 24 heavy (non-hydrogen) atoms. The first-order valence-electron chi connectivity index (χ1n) is 7.99. The average molecular weight is 389 g/mol. The third-order valence-electron chi connectivity index (χ3n) is 3.76. The number of benzene rings is 2. The Morgan fingerprint density at radius 3 is 2.21 bits per heavy atom. The normalized spacial score (nSPS) is 10.3. The lowest BCUT2D eigenvalue weighted by molar-refractivity contribution is -0.115. The molecule has 0 fully saturated rings. The van der Waals surface area contributed by atoms with Crippen molar-refractivity contribution in [2.24, 2.45) is 0 Å². The second-order valence-electron chi connectivity index (χ2n) is 5.40. The van der Waals surface area contributed by atoms with Crippen LogP contribution < -0.4 is 10.6 Å². The number of aryl methyl sites for hydroxylation is 2. The molecule has 0 aliphatic carbocycles. The monoisotopic (exact) mass is 388 g/mol. The smallest absolute Gasteiger partial charge is 0.251 e. The maximum Gasteiger partial charge on any atom is 0.251 e. The summed E-state index contributed by atoms with van der Waals surface area (Å²) in [6.07, 6.45) is 1.68. The van der Waals surface area contributed by atoms with Crippen molar-refractivity contribution in [2.45, 2.75) is 26.7 Å². The molecule has 2 amide bonds. The first-order chi connectivity index (χ1) is 11.5. The van der Waals surface area contributed by atoms with Gasteiger partial charge in [0.05, 0.1) is 6.54 Å². The van der Waals surface area contributed by atoms with Crippen molar-refractivity contribution in [1.29, 1.82) is 0 Å². The van der Waals surface area contributed by atoms with Gasteiger partial charge in [0, 0.05) is 15.7 Å². The molecular formula is C19H21BrN2O2. The van der Waals surface area contributed by atoms with Crippen molar-refractivity contribution in [2.75, 3.05) is 11.9 Å². The highest BCUT2D eigenvalue weighted by atomic mass is 79.9. The average Bonchev–Trinajstić information content (AvgIpc) is 2.59. The first kappa shape index (κ1) is 18.2. The SMILES string of the molecule is CCc1cccc(CC)c1NC(=O)CNC(=O)c1cccc(Br)c1. The summed E-state index contributed by atoms with van der Waals surface area (Å²) in [5.41, 5.74) is 3.58. The van der Waals surface area contributed by atoms with Crippen LogP contribution in [-0.4, -0.2) is 18.4 Å². The predicted molar refractivity (Wildman–Crippen MR) is 100 cm³/mol. The van der Waals surface area contributed by atoms with Gasteiger partial charge in [0.1, 0.15) is 0 Å². The molecule has 0 aromatic heterocycles. The minimum atomic E-state index is -0.272. The van der Waals surface area contributed by atoms with Crippen LogP contribution in [0.15, 0.2) is 46.9 Å². The van der Waals surface area contributed by atoms with Crippen LogP contribution in [0.1, 0.15) is 35.3 Å². The van der Waals surface area contributed by atoms with Gasteiger partial charge in [-0.05, 0) is 42.2 Å². The Balaban J connectivity index is 2.00. The van der Waals surface area contributed by atoms with E-state index < -0.39 is 0 Å². The molecule has 2 aromatic rings. The minimum absolute atomic E-state index is 0.0629. The number of amides is 2. The van der Waals surface area contributed by atoms with Crippen LogP contribution >= 0.6 is 15.9 Å². The highest BCUT2D eigenvalue weighted by Gasteiger charge is 2.12. The summed E-state index contributed by atoms with van der Waals surface area (Å²) in [6.45, 7) is 4.05. The molecule has 0 radical (unpaired) electrons. The van der Waals surface area contributed by atoms with Gasteiger partial charge < -0.3 is 10.6 Å². The van der Waals surface area contributed by atoms with Gasteiger partial charge >= 0.3 is 0 Å². The molecule has 0 unspecified atom stereocenters. The zero-order valence-electron chi connectivity index (χ0n) is 13.9. The number of anilines is 1. The number of rotatable bonds is 6. The zero-order chi connectivity index (χ0) is 17.5. The van der Waals surface area contributed by atoms with Crippen molar-refractivity contribution >= 4 is 33.4 Å². The highest BCUT2D eigenvalue weighted by molar-refractivity contribution is 9.10. The largest absolute Gasteiger partial charge is 0.343 e. The highest BCUT2D eigenvalue weighted by Crippen LogP contribution is 2.22. The molecule has 0 spiro atoms. The summed E-state index contributed by atoms with van der Waals surface area (Å²) < 4.78 is 0.823. The molecule has 2 rings (SSSR count).